The molecule has 0 spiro atoms. The third kappa shape index (κ3) is 6.15. The summed E-state index contributed by atoms with van der Waals surface area (Å²) in [4.78, 5) is 33.3. The van der Waals surface area contributed by atoms with Crippen LogP contribution in [0.15, 0.2) is 59.8 Å². The fourth-order valence-electron chi connectivity index (χ4n) is 3.25. The van der Waals surface area contributed by atoms with Gasteiger partial charge in [0, 0.05) is 29.1 Å². The molecule has 2 aromatic carbocycles. The quantitative estimate of drug-likeness (QED) is 0.316. The summed E-state index contributed by atoms with van der Waals surface area (Å²) in [5.74, 6) is -0.809. The van der Waals surface area contributed by atoms with Crippen LogP contribution in [0.2, 0.25) is 0 Å². The van der Waals surface area contributed by atoms with E-state index in [0.29, 0.717) is 17.3 Å². The number of para-hydroxylation sites is 1. The third-order valence-electron chi connectivity index (χ3n) is 4.81. The van der Waals surface area contributed by atoms with Gasteiger partial charge >= 0.3 is 5.97 Å². The third-order valence-corrected chi connectivity index (χ3v) is 5.36. The molecule has 6 nitrogen and oxygen atoms in total. The summed E-state index contributed by atoms with van der Waals surface area (Å²) in [5.41, 5.74) is 5.24. The molecule has 0 aliphatic rings. The van der Waals surface area contributed by atoms with Gasteiger partial charge in [-0.1, -0.05) is 60.3 Å². The highest BCUT2D eigenvalue weighted by molar-refractivity contribution is 7.98. The predicted octanol–water partition coefficient (Wildman–Crippen LogP) is 4.60. The minimum atomic E-state index is -0.431. The number of esters is 1. The smallest absolute Gasteiger partial charge is 0.306 e. The number of carbonyl (C=O) groups is 2. The van der Waals surface area contributed by atoms with Gasteiger partial charge in [-0.2, -0.15) is 0 Å². The molecule has 31 heavy (non-hydrogen) atoms. The van der Waals surface area contributed by atoms with Crippen LogP contribution in [0.1, 0.15) is 23.4 Å². The molecule has 0 bridgehead atoms. The van der Waals surface area contributed by atoms with Gasteiger partial charge in [-0.25, -0.2) is 9.97 Å². The Bertz CT molecular complexity index is 1050. The van der Waals surface area contributed by atoms with Gasteiger partial charge in [0.2, 0.25) is 0 Å². The number of benzene rings is 2. The minimum absolute atomic E-state index is 0.164. The van der Waals surface area contributed by atoms with Crippen LogP contribution in [-0.4, -0.2) is 34.7 Å². The maximum atomic E-state index is 12.3. The van der Waals surface area contributed by atoms with Crippen molar-refractivity contribution in [2.24, 2.45) is 0 Å². The topological polar surface area (TPSA) is 81.2 Å². The van der Waals surface area contributed by atoms with Crippen molar-refractivity contribution in [3.63, 3.8) is 0 Å². The van der Waals surface area contributed by atoms with E-state index in [1.807, 2.05) is 74.7 Å². The molecule has 3 rings (SSSR count). The predicted molar refractivity (Wildman–Crippen MR) is 123 cm³/mol. The standard InChI is InChI=1S/C24H25N3O3S/c1-16-19(17(2)26-24(25-16)31-3)13-14-23(29)30-15-22(28)27-21-12-8-7-11-20(21)18-9-5-4-6-10-18/h4-12H,13-15H2,1-3H3,(H,27,28). The summed E-state index contributed by atoms with van der Waals surface area (Å²) >= 11 is 1.48. The van der Waals surface area contributed by atoms with Crippen molar-refractivity contribution in [1.29, 1.82) is 0 Å². The van der Waals surface area contributed by atoms with Crippen LogP contribution < -0.4 is 5.32 Å². The van der Waals surface area contributed by atoms with Crippen molar-refractivity contribution in [3.8, 4) is 11.1 Å². The lowest BCUT2D eigenvalue weighted by Crippen LogP contribution is -2.21. The molecule has 0 aliphatic carbocycles. The lowest BCUT2D eigenvalue weighted by molar-refractivity contribution is -0.147. The summed E-state index contributed by atoms with van der Waals surface area (Å²) in [6.07, 6.45) is 2.57. The number of hydrogen-bond donors (Lipinski definition) is 1. The van der Waals surface area contributed by atoms with Crippen LogP contribution in [0, 0.1) is 13.8 Å². The van der Waals surface area contributed by atoms with Crippen LogP contribution in [0.25, 0.3) is 11.1 Å². The van der Waals surface area contributed by atoms with Crippen LogP contribution in [0.4, 0.5) is 5.69 Å². The molecule has 0 radical (unpaired) electrons. The zero-order chi connectivity index (χ0) is 22.2. The van der Waals surface area contributed by atoms with Crippen molar-refractivity contribution in [2.45, 2.75) is 31.8 Å². The Morgan fingerprint density at radius 3 is 2.29 bits per heavy atom. The minimum Gasteiger partial charge on any atom is -0.456 e. The summed E-state index contributed by atoms with van der Waals surface area (Å²) < 4.78 is 5.17. The largest absolute Gasteiger partial charge is 0.456 e. The molecule has 1 N–H and O–H groups in total. The molecule has 0 saturated carbocycles. The first-order chi connectivity index (χ1) is 15.0. The summed E-state index contributed by atoms with van der Waals surface area (Å²) in [5, 5.41) is 3.55. The van der Waals surface area contributed by atoms with Crippen LogP contribution in [-0.2, 0) is 20.7 Å². The normalized spacial score (nSPS) is 10.5. The number of aryl methyl sites for hydroxylation is 2. The monoisotopic (exact) mass is 435 g/mol. The van der Waals surface area contributed by atoms with E-state index in [0.717, 1.165) is 28.1 Å². The number of hydrogen-bond acceptors (Lipinski definition) is 6. The van der Waals surface area contributed by atoms with E-state index in [2.05, 4.69) is 15.3 Å². The first-order valence-electron chi connectivity index (χ1n) is 9.96. The molecule has 1 aromatic heterocycles. The average molecular weight is 436 g/mol. The van der Waals surface area contributed by atoms with E-state index in [9.17, 15) is 9.59 Å². The van der Waals surface area contributed by atoms with Crippen molar-refractivity contribution in [1.82, 2.24) is 9.97 Å². The highest BCUT2D eigenvalue weighted by Crippen LogP contribution is 2.27. The van der Waals surface area contributed by atoms with Gasteiger partial charge in [-0.15, -0.1) is 0 Å². The zero-order valence-electron chi connectivity index (χ0n) is 17.8. The molecule has 0 fully saturated rings. The van der Waals surface area contributed by atoms with Crippen molar-refractivity contribution in [3.05, 3.63) is 71.5 Å². The molecule has 3 aromatic rings. The highest BCUT2D eigenvalue weighted by atomic mass is 32.2. The Morgan fingerprint density at radius 1 is 0.968 bits per heavy atom. The Labute approximate surface area is 186 Å². The maximum absolute atomic E-state index is 12.3. The first kappa shape index (κ1) is 22.5. The maximum Gasteiger partial charge on any atom is 0.306 e. The summed E-state index contributed by atoms with van der Waals surface area (Å²) in [6.45, 7) is 3.49. The number of amides is 1. The van der Waals surface area contributed by atoms with Gasteiger partial charge in [-0.05, 0) is 43.7 Å². The number of nitrogens with zero attached hydrogens (tertiary/aromatic N) is 2. The lowest BCUT2D eigenvalue weighted by atomic mass is 10.0. The first-order valence-corrected chi connectivity index (χ1v) is 11.2. The zero-order valence-corrected chi connectivity index (χ0v) is 18.7. The van der Waals surface area contributed by atoms with Crippen LogP contribution >= 0.6 is 11.8 Å². The molecule has 7 heteroatoms. The number of anilines is 1. The summed E-state index contributed by atoms with van der Waals surface area (Å²) in [6, 6.07) is 17.3. The van der Waals surface area contributed by atoms with E-state index in [1.165, 1.54) is 11.8 Å². The fourth-order valence-corrected chi connectivity index (χ4v) is 3.71. The van der Waals surface area contributed by atoms with Crippen molar-refractivity contribution in [2.75, 3.05) is 18.2 Å². The van der Waals surface area contributed by atoms with E-state index < -0.39 is 5.97 Å². The van der Waals surface area contributed by atoms with Crippen LogP contribution in [0.5, 0.6) is 0 Å². The number of nitrogens with one attached hydrogen (secondary N) is 1. The Morgan fingerprint density at radius 2 is 1.61 bits per heavy atom. The molecule has 1 heterocycles. The molecular formula is C24H25N3O3S. The van der Waals surface area contributed by atoms with Crippen molar-refractivity contribution < 1.29 is 14.3 Å². The van der Waals surface area contributed by atoms with E-state index in [1.54, 1.807) is 0 Å². The van der Waals surface area contributed by atoms with Gasteiger partial charge in [-0.3, -0.25) is 9.59 Å². The molecule has 1 amide bonds. The van der Waals surface area contributed by atoms with E-state index in [-0.39, 0.29) is 18.9 Å². The number of ether oxygens (including phenoxy) is 1. The molecule has 0 saturated heterocycles. The van der Waals surface area contributed by atoms with Crippen molar-refractivity contribution >= 4 is 29.3 Å². The Kier molecular flexibility index (Phi) is 7.78. The number of aromatic nitrogens is 2. The second kappa shape index (κ2) is 10.7. The fraction of sp³-hybridized carbons (Fsp3) is 0.250. The van der Waals surface area contributed by atoms with Gasteiger partial charge in [0.15, 0.2) is 11.8 Å². The Balaban J connectivity index is 1.54. The molecule has 0 unspecified atom stereocenters. The van der Waals surface area contributed by atoms with Gasteiger partial charge in [0.1, 0.15) is 0 Å². The van der Waals surface area contributed by atoms with E-state index in [4.69, 9.17) is 4.74 Å². The number of rotatable bonds is 8. The second-order valence-corrected chi connectivity index (χ2v) is 7.75. The summed E-state index contributed by atoms with van der Waals surface area (Å²) in [7, 11) is 0. The van der Waals surface area contributed by atoms with Gasteiger partial charge < -0.3 is 10.1 Å². The molecular weight excluding hydrogens is 410 g/mol. The average Bonchev–Trinajstić information content (AvgIpc) is 2.78. The number of thioether (sulfide) groups is 1. The molecule has 0 atom stereocenters. The number of carbonyl (C=O) groups excluding carboxylic acids is 2. The van der Waals surface area contributed by atoms with Crippen LogP contribution in [0.3, 0.4) is 0 Å². The Hall–Kier alpha value is -3.19. The SMILES string of the molecule is CSc1nc(C)c(CCC(=O)OCC(=O)Nc2ccccc2-c2ccccc2)c(C)n1. The molecule has 160 valence electrons. The second-order valence-electron chi connectivity index (χ2n) is 6.98. The van der Waals surface area contributed by atoms with Gasteiger partial charge in [0.25, 0.3) is 5.91 Å². The van der Waals surface area contributed by atoms with Gasteiger partial charge in [0.05, 0.1) is 0 Å². The highest BCUT2D eigenvalue weighted by Gasteiger charge is 2.14. The lowest BCUT2D eigenvalue weighted by Gasteiger charge is -2.12. The molecule has 0 aliphatic heterocycles. The van der Waals surface area contributed by atoms with E-state index >= 15 is 0 Å².